The lowest BCUT2D eigenvalue weighted by atomic mass is 10.2. The van der Waals surface area contributed by atoms with Gasteiger partial charge in [0.25, 0.3) is 0 Å². The first kappa shape index (κ1) is 19.8. The zero-order valence-electron chi connectivity index (χ0n) is 14.3. The molecule has 2 aliphatic rings. The van der Waals surface area contributed by atoms with Crippen molar-refractivity contribution in [3.8, 4) is 0 Å². The van der Waals surface area contributed by atoms with E-state index in [9.17, 15) is 0 Å². The van der Waals surface area contributed by atoms with E-state index in [1.54, 1.807) is 0 Å². The van der Waals surface area contributed by atoms with Gasteiger partial charge in [-0.2, -0.15) is 0 Å². The fourth-order valence-electron chi connectivity index (χ4n) is 3.73. The number of benzene rings is 1. The van der Waals surface area contributed by atoms with Crippen LogP contribution in [0.3, 0.4) is 0 Å². The Morgan fingerprint density at radius 1 is 1.29 bits per heavy atom. The summed E-state index contributed by atoms with van der Waals surface area (Å²) in [5.74, 6) is 0.878. The number of nitrogens with zero attached hydrogens (tertiary/aromatic N) is 2. The number of hydrogen-bond acceptors (Lipinski definition) is 2. The van der Waals surface area contributed by atoms with Crippen LogP contribution in [0, 0.1) is 0 Å². The first-order chi connectivity index (χ1) is 11.2. The molecule has 1 saturated carbocycles. The lowest BCUT2D eigenvalue weighted by Gasteiger charge is -2.24. The van der Waals surface area contributed by atoms with E-state index in [0.29, 0.717) is 6.04 Å². The third-order valence-corrected chi connectivity index (χ3v) is 5.21. The van der Waals surface area contributed by atoms with E-state index in [0.717, 1.165) is 30.1 Å². The van der Waals surface area contributed by atoms with Gasteiger partial charge in [0.2, 0.25) is 0 Å². The highest BCUT2D eigenvalue weighted by Crippen LogP contribution is 2.26. The van der Waals surface area contributed by atoms with Gasteiger partial charge >= 0.3 is 0 Å². The number of rotatable bonds is 4. The number of hydrogen-bond donors (Lipinski definition) is 2. The Morgan fingerprint density at radius 2 is 2.08 bits per heavy atom. The molecule has 0 bridgehead atoms. The second-order valence-corrected chi connectivity index (χ2v) is 7.06. The Bertz CT molecular complexity index is 546. The smallest absolute Gasteiger partial charge is 0.191 e. The standard InChI is InChI=1S/C18H27ClN4.HI/c1-20-18(21-12-14-5-4-6-15(19)11-14)22-16-9-10-23(13-16)17-7-2-3-8-17;/h4-6,11,16-17H,2-3,7-10,12-13H2,1H3,(H2,20,21,22);1H. The third-order valence-electron chi connectivity index (χ3n) is 4.97. The molecule has 1 aliphatic carbocycles. The lowest BCUT2D eigenvalue weighted by Crippen LogP contribution is -2.45. The minimum atomic E-state index is 0. The van der Waals surface area contributed by atoms with Crippen LogP contribution in [-0.2, 0) is 6.54 Å². The molecule has 0 amide bonds. The Kier molecular flexibility index (Phi) is 8.10. The summed E-state index contributed by atoms with van der Waals surface area (Å²) in [5, 5.41) is 7.73. The third kappa shape index (κ3) is 5.49. The second-order valence-electron chi connectivity index (χ2n) is 6.62. The summed E-state index contributed by atoms with van der Waals surface area (Å²) in [7, 11) is 1.83. The molecular weight excluding hydrogens is 435 g/mol. The second kappa shape index (κ2) is 9.82. The van der Waals surface area contributed by atoms with E-state index in [4.69, 9.17) is 11.6 Å². The molecule has 1 aromatic rings. The van der Waals surface area contributed by atoms with Gasteiger partial charge in [0.05, 0.1) is 0 Å². The summed E-state index contributed by atoms with van der Waals surface area (Å²) in [5.41, 5.74) is 1.17. The Labute approximate surface area is 167 Å². The molecule has 1 atom stereocenters. The van der Waals surface area contributed by atoms with Gasteiger partial charge < -0.3 is 10.6 Å². The van der Waals surface area contributed by atoms with E-state index in [1.807, 2.05) is 25.2 Å². The SMILES string of the molecule is CN=C(NCc1cccc(Cl)c1)NC1CCN(C2CCCC2)C1.I. The molecule has 2 fully saturated rings. The van der Waals surface area contributed by atoms with E-state index < -0.39 is 0 Å². The molecule has 4 nitrogen and oxygen atoms in total. The molecule has 134 valence electrons. The Morgan fingerprint density at radius 3 is 2.79 bits per heavy atom. The quantitative estimate of drug-likeness (QED) is 0.408. The number of nitrogens with one attached hydrogen (secondary N) is 2. The molecule has 1 unspecified atom stereocenters. The predicted molar refractivity (Wildman–Crippen MR) is 112 cm³/mol. The molecule has 1 saturated heterocycles. The number of halogens is 2. The molecule has 6 heteroatoms. The van der Waals surface area contributed by atoms with Crippen molar-refractivity contribution in [2.24, 2.45) is 4.99 Å². The largest absolute Gasteiger partial charge is 0.352 e. The van der Waals surface area contributed by atoms with Crippen molar-refractivity contribution in [1.82, 2.24) is 15.5 Å². The van der Waals surface area contributed by atoms with E-state index in [-0.39, 0.29) is 24.0 Å². The average molecular weight is 463 g/mol. The zero-order chi connectivity index (χ0) is 16.1. The molecule has 0 spiro atoms. The van der Waals surface area contributed by atoms with Gasteiger partial charge in [-0.3, -0.25) is 9.89 Å². The van der Waals surface area contributed by atoms with Gasteiger partial charge in [0.15, 0.2) is 5.96 Å². The summed E-state index contributed by atoms with van der Waals surface area (Å²) in [4.78, 5) is 7.02. The number of likely N-dealkylation sites (tertiary alicyclic amines) is 1. The van der Waals surface area contributed by atoms with Gasteiger partial charge in [0.1, 0.15) is 0 Å². The number of aliphatic imine (C=N–C) groups is 1. The number of guanidine groups is 1. The molecule has 1 heterocycles. The van der Waals surface area contributed by atoms with Crippen LogP contribution in [0.4, 0.5) is 0 Å². The van der Waals surface area contributed by atoms with Gasteiger partial charge in [-0.15, -0.1) is 24.0 Å². The van der Waals surface area contributed by atoms with Crippen LogP contribution >= 0.6 is 35.6 Å². The van der Waals surface area contributed by atoms with Crippen LogP contribution in [0.5, 0.6) is 0 Å². The minimum absolute atomic E-state index is 0. The van der Waals surface area contributed by atoms with Crippen LogP contribution in [0.25, 0.3) is 0 Å². The van der Waals surface area contributed by atoms with Gasteiger partial charge in [0, 0.05) is 43.8 Å². The fourth-order valence-corrected chi connectivity index (χ4v) is 3.94. The van der Waals surface area contributed by atoms with Gasteiger partial charge in [-0.1, -0.05) is 36.6 Å². The maximum Gasteiger partial charge on any atom is 0.191 e. The zero-order valence-corrected chi connectivity index (χ0v) is 17.4. The highest BCUT2D eigenvalue weighted by molar-refractivity contribution is 14.0. The van der Waals surface area contributed by atoms with Crippen LogP contribution in [0.15, 0.2) is 29.3 Å². The Balaban J connectivity index is 0.00000208. The van der Waals surface area contributed by atoms with Crippen molar-refractivity contribution in [3.63, 3.8) is 0 Å². The summed E-state index contributed by atoms with van der Waals surface area (Å²) in [6.45, 7) is 3.09. The molecule has 1 aromatic carbocycles. The maximum atomic E-state index is 6.03. The maximum absolute atomic E-state index is 6.03. The average Bonchev–Trinajstić information content (AvgIpc) is 3.22. The molecule has 24 heavy (non-hydrogen) atoms. The van der Waals surface area contributed by atoms with Crippen LogP contribution in [-0.4, -0.2) is 43.1 Å². The topological polar surface area (TPSA) is 39.7 Å². The minimum Gasteiger partial charge on any atom is -0.352 e. The molecule has 0 radical (unpaired) electrons. The van der Waals surface area contributed by atoms with Crippen molar-refractivity contribution in [1.29, 1.82) is 0 Å². The van der Waals surface area contributed by atoms with E-state index in [2.05, 4.69) is 26.6 Å². The molecule has 1 aliphatic heterocycles. The first-order valence-corrected chi connectivity index (χ1v) is 9.08. The monoisotopic (exact) mass is 462 g/mol. The summed E-state index contributed by atoms with van der Waals surface area (Å²) in [6.07, 6.45) is 6.78. The van der Waals surface area contributed by atoms with Crippen molar-refractivity contribution >= 4 is 41.5 Å². The van der Waals surface area contributed by atoms with E-state index in [1.165, 1.54) is 44.2 Å². The van der Waals surface area contributed by atoms with Crippen LogP contribution in [0.1, 0.15) is 37.7 Å². The summed E-state index contributed by atoms with van der Waals surface area (Å²) < 4.78 is 0. The van der Waals surface area contributed by atoms with E-state index >= 15 is 0 Å². The van der Waals surface area contributed by atoms with Crippen molar-refractivity contribution in [3.05, 3.63) is 34.9 Å². The molecular formula is C18H28ClIN4. The highest BCUT2D eigenvalue weighted by atomic mass is 127. The van der Waals surface area contributed by atoms with Crippen molar-refractivity contribution in [2.75, 3.05) is 20.1 Å². The lowest BCUT2D eigenvalue weighted by molar-refractivity contribution is 0.242. The summed E-state index contributed by atoms with van der Waals surface area (Å²) >= 11 is 6.03. The summed E-state index contributed by atoms with van der Waals surface area (Å²) in [6, 6.07) is 9.26. The highest BCUT2D eigenvalue weighted by Gasteiger charge is 2.30. The van der Waals surface area contributed by atoms with Crippen LogP contribution < -0.4 is 10.6 Å². The fraction of sp³-hybridized carbons (Fsp3) is 0.611. The van der Waals surface area contributed by atoms with Gasteiger partial charge in [-0.25, -0.2) is 0 Å². The Hall–Kier alpha value is -0.530. The first-order valence-electron chi connectivity index (χ1n) is 8.70. The molecule has 3 rings (SSSR count). The predicted octanol–water partition coefficient (Wildman–Crippen LogP) is 3.64. The molecule has 0 aromatic heterocycles. The van der Waals surface area contributed by atoms with Crippen molar-refractivity contribution in [2.45, 2.75) is 50.7 Å². The van der Waals surface area contributed by atoms with Crippen LogP contribution in [0.2, 0.25) is 5.02 Å². The molecule has 2 N–H and O–H groups in total. The van der Waals surface area contributed by atoms with Crippen molar-refractivity contribution < 1.29 is 0 Å². The normalized spacial score (nSPS) is 22.4. The van der Waals surface area contributed by atoms with Gasteiger partial charge in [-0.05, 0) is 37.0 Å².